The summed E-state index contributed by atoms with van der Waals surface area (Å²) in [6.07, 6.45) is 6.04. The molecule has 1 saturated heterocycles. The zero-order valence-corrected chi connectivity index (χ0v) is 18.1. The van der Waals surface area contributed by atoms with Crippen molar-refractivity contribution >= 4 is 28.6 Å². The molecule has 1 aromatic carbocycles. The van der Waals surface area contributed by atoms with Gasteiger partial charge in [-0.05, 0) is 35.0 Å². The van der Waals surface area contributed by atoms with Crippen molar-refractivity contribution in [1.29, 1.82) is 0 Å². The molecule has 1 fully saturated rings. The van der Waals surface area contributed by atoms with E-state index in [2.05, 4.69) is 27.8 Å². The van der Waals surface area contributed by atoms with Gasteiger partial charge in [0, 0.05) is 37.0 Å². The van der Waals surface area contributed by atoms with Crippen LogP contribution in [-0.2, 0) is 9.53 Å². The summed E-state index contributed by atoms with van der Waals surface area (Å²) in [5, 5.41) is 14.9. The molecular formula is C20H28N6O3S. The van der Waals surface area contributed by atoms with Gasteiger partial charge in [0.1, 0.15) is 0 Å². The first kappa shape index (κ1) is 22.2. The minimum atomic E-state index is -0.109. The van der Waals surface area contributed by atoms with Crippen molar-refractivity contribution in [2.45, 2.75) is 50.6 Å². The Labute approximate surface area is 180 Å². The van der Waals surface area contributed by atoms with E-state index in [-0.39, 0.29) is 11.1 Å². The lowest BCUT2D eigenvalue weighted by Crippen LogP contribution is -2.38. The Morgan fingerprint density at radius 2 is 1.97 bits per heavy atom. The van der Waals surface area contributed by atoms with Gasteiger partial charge in [-0.3, -0.25) is 9.59 Å². The molecule has 2 aromatic rings. The highest BCUT2D eigenvalue weighted by Crippen LogP contribution is 2.23. The summed E-state index contributed by atoms with van der Waals surface area (Å²) in [5.74, 6) is -0.00235. The zero-order valence-electron chi connectivity index (χ0n) is 17.2. The summed E-state index contributed by atoms with van der Waals surface area (Å²) in [6.45, 7) is 4.38. The van der Waals surface area contributed by atoms with Crippen molar-refractivity contribution in [3.8, 4) is 5.69 Å². The van der Waals surface area contributed by atoms with Gasteiger partial charge < -0.3 is 15.0 Å². The number of benzene rings is 1. The van der Waals surface area contributed by atoms with Gasteiger partial charge in [-0.25, -0.2) is 0 Å². The lowest BCUT2D eigenvalue weighted by atomic mass is 10.1. The van der Waals surface area contributed by atoms with E-state index in [4.69, 9.17) is 4.74 Å². The number of thioether (sulfide) groups is 1. The van der Waals surface area contributed by atoms with Crippen LogP contribution in [0.15, 0.2) is 29.4 Å². The fourth-order valence-electron chi connectivity index (χ4n) is 3.12. The quantitative estimate of drug-likeness (QED) is 0.478. The van der Waals surface area contributed by atoms with Gasteiger partial charge >= 0.3 is 0 Å². The van der Waals surface area contributed by atoms with Crippen LogP contribution in [0.1, 0.15) is 45.4 Å². The lowest BCUT2D eigenvalue weighted by Gasteiger charge is -2.25. The first-order valence-corrected chi connectivity index (χ1v) is 11.2. The van der Waals surface area contributed by atoms with Crippen molar-refractivity contribution in [2.75, 3.05) is 31.6 Å². The molecule has 9 nitrogen and oxygen atoms in total. The second kappa shape index (κ2) is 11.7. The van der Waals surface area contributed by atoms with Gasteiger partial charge in [-0.2, -0.15) is 4.68 Å². The number of morpholine rings is 1. The molecule has 0 aliphatic carbocycles. The van der Waals surface area contributed by atoms with Crippen LogP contribution in [0.5, 0.6) is 0 Å². The number of carbonyl (C=O) groups excluding carboxylic acids is 2. The minimum Gasteiger partial charge on any atom is -0.378 e. The fourth-order valence-corrected chi connectivity index (χ4v) is 3.89. The lowest BCUT2D eigenvalue weighted by molar-refractivity contribution is -0.116. The molecule has 1 aromatic heterocycles. The number of amides is 2. The van der Waals surface area contributed by atoms with Crippen LogP contribution in [0.2, 0.25) is 0 Å². The second-order valence-electron chi connectivity index (χ2n) is 7.10. The molecular weight excluding hydrogens is 404 g/mol. The molecule has 1 aliphatic rings. The summed E-state index contributed by atoms with van der Waals surface area (Å²) >= 11 is 0.986. The number of anilines is 1. The number of nitrogens with one attached hydrogen (secondary N) is 1. The number of nitrogens with zero attached hydrogens (tertiary/aromatic N) is 5. The standard InChI is InChI=1S/C20H28N6O3S/c1-2-3-4-5-6-10-18(27)21-16-8-7-9-17(15-16)26-19(22-23-24-26)30-20(28)25-11-13-29-14-12-25/h7-9,15H,2-6,10-14H2,1H3,(H,21,27). The average molecular weight is 433 g/mol. The van der Waals surface area contributed by atoms with Gasteiger partial charge in [0.25, 0.3) is 5.24 Å². The molecule has 0 unspecified atom stereocenters. The Kier molecular flexibility index (Phi) is 8.64. The van der Waals surface area contributed by atoms with E-state index in [9.17, 15) is 9.59 Å². The first-order valence-electron chi connectivity index (χ1n) is 10.4. The minimum absolute atomic E-state index is 0.00235. The van der Waals surface area contributed by atoms with Crippen LogP contribution >= 0.6 is 11.8 Å². The van der Waals surface area contributed by atoms with E-state index in [1.807, 2.05) is 18.2 Å². The van der Waals surface area contributed by atoms with E-state index in [1.54, 1.807) is 11.0 Å². The molecule has 0 spiro atoms. The molecule has 0 saturated carbocycles. The fraction of sp³-hybridized carbons (Fsp3) is 0.550. The number of carbonyl (C=O) groups is 2. The molecule has 0 radical (unpaired) electrons. The van der Waals surface area contributed by atoms with Gasteiger partial charge in [0.2, 0.25) is 11.1 Å². The van der Waals surface area contributed by atoms with Crippen LogP contribution in [-0.4, -0.2) is 62.6 Å². The Balaban J connectivity index is 1.59. The highest BCUT2D eigenvalue weighted by molar-refractivity contribution is 8.13. The number of tetrazole rings is 1. The van der Waals surface area contributed by atoms with Crippen LogP contribution in [0.25, 0.3) is 5.69 Å². The summed E-state index contributed by atoms with van der Waals surface area (Å²) in [4.78, 5) is 26.4. The normalized spacial score (nSPS) is 14.0. The Morgan fingerprint density at radius 1 is 1.17 bits per heavy atom. The molecule has 2 heterocycles. The highest BCUT2D eigenvalue weighted by atomic mass is 32.2. The topological polar surface area (TPSA) is 102 Å². The number of hydrogen-bond acceptors (Lipinski definition) is 7. The molecule has 1 N–H and O–H groups in total. The maximum Gasteiger partial charge on any atom is 0.289 e. The Morgan fingerprint density at radius 3 is 2.77 bits per heavy atom. The molecule has 3 rings (SSSR count). The van der Waals surface area contributed by atoms with Gasteiger partial charge in [-0.15, -0.1) is 5.10 Å². The third kappa shape index (κ3) is 6.53. The van der Waals surface area contributed by atoms with Crippen molar-refractivity contribution in [1.82, 2.24) is 25.1 Å². The number of hydrogen-bond donors (Lipinski definition) is 1. The summed E-state index contributed by atoms with van der Waals surface area (Å²) in [7, 11) is 0. The molecule has 162 valence electrons. The third-order valence-corrected chi connectivity index (χ3v) is 5.64. The van der Waals surface area contributed by atoms with E-state index >= 15 is 0 Å². The number of aromatic nitrogens is 4. The van der Waals surface area contributed by atoms with Crippen molar-refractivity contribution < 1.29 is 14.3 Å². The van der Waals surface area contributed by atoms with Crippen LogP contribution in [0.3, 0.4) is 0 Å². The number of unbranched alkanes of at least 4 members (excludes halogenated alkanes) is 4. The largest absolute Gasteiger partial charge is 0.378 e. The van der Waals surface area contributed by atoms with Crippen molar-refractivity contribution in [2.24, 2.45) is 0 Å². The maximum absolute atomic E-state index is 12.5. The van der Waals surface area contributed by atoms with Crippen molar-refractivity contribution in [3.05, 3.63) is 24.3 Å². The van der Waals surface area contributed by atoms with Gasteiger partial charge in [0.05, 0.1) is 18.9 Å². The number of rotatable bonds is 9. The molecule has 30 heavy (non-hydrogen) atoms. The maximum atomic E-state index is 12.5. The Hall–Kier alpha value is -2.46. The van der Waals surface area contributed by atoms with E-state index in [0.717, 1.165) is 24.6 Å². The van der Waals surface area contributed by atoms with Crippen LogP contribution < -0.4 is 5.32 Å². The average Bonchev–Trinajstić information content (AvgIpc) is 3.22. The van der Waals surface area contributed by atoms with E-state index in [1.165, 1.54) is 23.9 Å². The molecule has 10 heteroatoms. The number of ether oxygens (including phenoxy) is 1. The molecule has 0 bridgehead atoms. The summed E-state index contributed by atoms with van der Waals surface area (Å²) in [5.41, 5.74) is 1.36. The van der Waals surface area contributed by atoms with Crippen LogP contribution in [0.4, 0.5) is 10.5 Å². The van der Waals surface area contributed by atoms with Crippen LogP contribution in [0, 0.1) is 0 Å². The first-order chi connectivity index (χ1) is 14.7. The summed E-state index contributed by atoms with van der Waals surface area (Å²) < 4.78 is 6.78. The predicted molar refractivity (Wildman–Crippen MR) is 115 cm³/mol. The SMILES string of the molecule is CCCCCCCC(=O)Nc1cccc(-n2nnnc2SC(=O)N2CCOCC2)c1. The third-order valence-electron chi connectivity index (χ3n) is 4.77. The monoisotopic (exact) mass is 432 g/mol. The Bertz CT molecular complexity index is 837. The summed E-state index contributed by atoms with van der Waals surface area (Å²) in [6, 6.07) is 7.29. The smallest absolute Gasteiger partial charge is 0.289 e. The zero-order chi connectivity index (χ0) is 21.2. The highest BCUT2D eigenvalue weighted by Gasteiger charge is 2.21. The van der Waals surface area contributed by atoms with E-state index < -0.39 is 0 Å². The predicted octanol–water partition coefficient (Wildman–Crippen LogP) is 3.51. The molecule has 1 aliphatic heterocycles. The molecule has 0 atom stereocenters. The van der Waals surface area contributed by atoms with Gasteiger partial charge in [0.15, 0.2) is 0 Å². The van der Waals surface area contributed by atoms with Crippen molar-refractivity contribution in [3.63, 3.8) is 0 Å². The molecule has 2 amide bonds. The van der Waals surface area contributed by atoms with E-state index in [0.29, 0.717) is 49.3 Å². The van der Waals surface area contributed by atoms with Gasteiger partial charge in [-0.1, -0.05) is 38.7 Å². The second-order valence-corrected chi connectivity index (χ2v) is 8.02.